The normalized spacial score (nSPS) is 26.4. The molecule has 0 bridgehead atoms. The Morgan fingerprint density at radius 3 is 2.78 bits per heavy atom. The van der Waals surface area contributed by atoms with Gasteiger partial charge in [-0.25, -0.2) is 14.4 Å². The van der Waals surface area contributed by atoms with Crippen molar-refractivity contribution in [2.75, 3.05) is 6.61 Å². The molecule has 0 aliphatic carbocycles. The summed E-state index contributed by atoms with van der Waals surface area (Å²) in [6.45, 7) is 0.104. The molecule has 98 valence electrons. The maximum Gasteiger partial charge on any atom is 0.311 e. The van der Waals surface area contributed by atoms with Crippen LogP contribution in [0.3, 0.4) is 0 Å². The Kier molecular flexibility index (Phi) is 3.00. The highest BCUT2D eigenvalue weighted by atomic mass is 79.9. The number of rotatable bonds is 1. The number of hydrogen-bond donors (Lipinski definition) is 1. The van der Waals surface area contributed by atoms with Gasteiger partial charge in [-0.2, -0.15) is 8.78 Å². The van der Waals surface area contributed by atoms with E-state index in [0.717, 1.165) is 13.0 Å². The Hall–Kier alpha value is -1.31. The van der Waals surface area contributed by atoms with Crippen LogP contribution in [0.1, 0.15) is 12.6 Å². The Bertz CT molecular complexity index is 523. The molecule has 1 aromatic rings. The molecule has 0 radical (unpaired) electrons. The van der Waals surface area contributed by atoms with E-state index in [4.69, 9.17) is 5.73 Å². The minimum absolute atomic E-state index is 0.233. The van der Waals surface area contributed by atoms with Gasteiger partial charge in [0, 0.05) is 0 Å². The van der Waals surface area contributed by atoms with E-state index in [2.05, 4.69) is 30.6 Å². The minimum atomic E-state index is -3.41. The molecule has 8 heteroatoms. The summed E-state index contributed by atoms with van der Waals surface area (Å²) < 4.78 is 46.3. The fraction of sp³-hybridized carbons (Fsp3) is 0.400. The second-order valence-corrected chi connectivity index (χ2v) is 4.79. The standard InChI is InChI=1S/C10H9BrF3N3O/c1-9(7-5(12)2-3-6(11)16-7)10(13,14)4-18-8(15)17-9/h2-3H,4H2,1H3,(H2,15,17). The average Bonchev–Trinajstić information content (AvgIpc) is 2.28. The first-order chi connectivity index (χ1) is 8.26. The van der Waals surface area contributed by atoms with Crippen molar-refractivity contribution in [2.45, 2.75) is 18.4 Å². The van der Waals surface area contributed by atoms with E-state index in [0.29, 0.717) is 0 Å². The number of ether oxygens (including phenoxy) is 1. The van der Waals surface area contributed by atoms with Crippen molar-refractivity contribution in [1.82, 2.24) is 4.98 Å². The highest BCUT2D eigenvalue weighted by Gasteiger charge is 2.57. The van der Waals surface area contributed by atoms with E-state index in [9.17, 15) is 13.2 Å². The van der Waals surface area contributed by atoms with Crippen molar-refractivity contribution >= 4 is 22.0 Å². The van der Waals surface area contributed by atoms with E-state index < -0.39 is 35.6 Å². The molecular formula is C10H9BrF3N3O. The molecule has 0 amide bonds. The van der Waals surface area contributed by atoms with E-state index in [1.807, 2.05) is 0 Å². The summed E-state index contributed by atoms with van der Waals surface area (Å²) in [5.74, 6) is -4.29. The Labute approximate surface area is 109 Å². The molecule has 18 heavy (non-hydrogen) atoms. The topological polar surface area (TPSA) is 60.5 Å². The Morgan fingerprint density at radius 2 is 2.11 bits per heavy atom. The lowest BCUT2D eigenvalue weighted by Gasteiger charge is -2.36. The van der Waals surface area contributed by atoms with Crippen LogP contribution >= 0.6 is 15.9 Å². The van der Waals surface area contributed by atoms with Gasteiger partial charge in [-0.15, -0.1) is 0 Å². The van der Waals surface area contributed by atoms with Gasteiger partial charge < -0.3 is 10.5 Å². The van der Waals surface area contributed by atoms with Crippen LogP contribution in [0.15, 0.2) is 21.7 Å². The number of hydrogen-bond acceptors (Lipinski definition) is 4. The third-order valence-electron chi connectivity index (χ3n) is 2.72. The van der Waals surface area contributed by atoms with Crippen LogP contribution in [-0.4, -0.2) is 23.5 Å². The summed E-state index contributed by atoms with van der Waals surface area (Å²) in [5, 5.41) is 0. The Balaban J connectivity index is 2.65. The largest absolute Gasteiger partial charge is 0.459 e. The van der Waals surface area contributed by atoms with Crippen molar-refractivity contribution < 1.29 is 17.9 Å². The number of aliphatic imine (C=N–C) groups is 1. The van der Waals surface area contributed by atoms with Gasteiger partial charge in [0.2, 0.25) is 0 Å². The molecule has 1 unspecified atom stereocenters. The maximum absolute atomic E-state index is 13.9. The highest BCUT2D eigenvalue weighted by molar-refractivity contribution is 9.10. The summed E-state index contributed by atoms with van der Waals surface area (Å²) in [5.41, 5.74) is 2.62. The number of nitrogens with zero attached hydrogens (tertiary/aromatic N) is 2. The van der Waals surface area contributed by atoms with Crippen LogP contribution in [0.2, 0.25) is 0 Å². The number of aromatic nitrogens is 1. The number of halogens is 4. The first-order valence-corrected chi connectivity index (χ1v) is 5.74. The van der Waals surface area contributed by atoms with Gasteiger partial charge in [0.15, 0.2) is 12.1 Å². The lowest BCUT2D eigenvalue weighted by Crippen LogP contribution is -2.51. The molecule has 1 atom stereocenters. The molecule has 0 aromatic carbocycles. The van der Waals surface area contributed by atoms with Crippen molar-refractivity contribution in [3.05, 3.63) is 28.2 Å². The molecule has 2 rings (SSSR count). The average molecular weight is 324 g/mol. The highest BCUT2D eigenvalue weighted by Crippen LogP contribution is 2.43. The first-order valence-electron chi connectivity index (χ1n) is 4.95. The minimum Gasteiger partial charge on any atom is -0.459 e. The molecule has 1 aromatic heterocycles. The zero-order valence-corrected chi connectivity index (χ0v) is 10.8. The van der Waals surface area contributed by atoms with Gasteiger partial charge in [-0.05, 0) is 35.0 Å². The van der Waals surface area contributed by atoms with Crippen molar-refractivity contribution in [3.8, 4) is 0 Å². The molecule has 2 heterocycles. The van der Waals surface area contributed by atoms with Crippen LogP contribution in [-0.2, 0) is 10.3 Å². The summed E-state index contributed by atoms with van der Waals surface area (Å²) in [7, 11) is 0. The summed E-state index contributed by atoms with van der Waals surface area (Å²) in [4.78, 5) is 7.28. The monoisotopic (exact) mass is 323 g/mol. The van der Waals surface area contributed by atoms with E-state index in [1.54, 1.807) is 0 Å². The molecule has 0 fully saturated rings. The molecule has 0 spiro atoms. The number of amidine groups is 1. The predicted molar refractivity (Wildman–Crippen MR) is 61.8 cm³/mol. The summed E-state index contributed by atoms with van der Waals surface area (Å²) in [6.07, 6.45) is 0. The molecule has 1 aliphatic heterocycles. The van der Waals surface area contributed by atoms with Crippen molar-refractivity contribution in [3.63, 3.8) is 0 Å². The Morgan fingerprint density at radius 1 is 1.44 bits per heavy atom. The molecule has 4 nitrogen and oxygen atoms in total. The second-order valence-electron chi connectivity index (χ2n) is 3.98. The van der Waals surface area contributed by atoms with Crippen LogP contribution < -0.4 is 5.73 Å². The van der Waals surface area contributed by atoms with Gasteiger partial charge in [-0.1, -0.05) is 0 Å². The zero-order chi connectivity index (χ0) is 13.6. The zero-order valence-electron chi connectivity index (χ0n) is 9.25. The fourth-order valence-corrected chi connectivity index (χ4v) is 1.93. The van der Waals surface area contributed by atoms with Gasteiger partial charge in [-0.3, -0.25) is 0 Å². The quantitative estimate of drug-likeness (QED) is 0.806. The van der Waals surface area contributed by atoms with Crippen LogP contribution in [0, 0.1) is 5.82 Å². The molecular weight excluding hydrogens is 315 g/mol. The van der Waals surface area contributed by atoms with Gasteiger partial charge in [0.05, 0.1) is 0 Å². The smallest absolute Gasteiger partial charge is 0.311 e. The SMILES string of the molecule is CC1(c2nc(Br)ccc2F)N=C(N)OCC1(F)F. The fourth-order valence-electron chi connectivity index (χ4n) is 1.63. The summed E-state index contributed by atoms with van der Waals surface area (Å²) in [6, 6.07) is 1.94. The van der Waals surface area contributed by atoms with E-state index >= 15 is 0 Å². The third-order valence-corrected chi connectivity index (χ3v) is 3.16. The predicted octanol–water partition coefficient (Wildman–Crippen LogP) is 2.18. The molecule has 2 N–H and O–H groups in total. The lowest BCUT2D eigenvalue weighted by molar-refractivity contribution is -0.118. The van der Waals surface area contributed by atoms with Crippen molar-refractivity contribution in [2.24, 2.45) is 10.7 Å². The summed E-state index contributed by atoms with van der Waals surface area (Å²) >= 11 is 3.01. The van der Waals surface area contributed by atoms with Crippen LogP contribution in [0.4, 0.5) is 13.2 Å². The maximum atomic E-state index is 13.9. The van der Waals surface area contributed by atoms with Crippen LogP contribution in [0.25, 0.3) is 0 Å². The third kappa shape index (κ3) is 1.94. The number of alkyl halides is 2. The number of pyridine rings is 1. The van der Waals surface area contributed by atoms with Gasteiger partial charge >= 0.3 is 5.92 Å². The molecule has 0 saturated carbocycles. The van der Waals surface area contributed by atoms with Crippen molar-refractivity contribution in [1.29, 1.82) is 0 Å². The van der Waals surface area contributed by atoms with E-state index in [1.165, 1.54) is 6.07 Å². The first kappa shape index (κ1) is 13.1. The molecule has 1 aliphatic rings. The second kappa shape index (κ2) is 4.11. The van der Waals surface area contributed by atoms with Crippen LogP contribution in [0.5, 0.6) is 0 Å². The molecule has 0 saturated heterocycles. The van der Waals surface area contributed by atoms with E-state index in [-0.39, 0.29) is 4.60 Å². The van der Waals surface area contributed by atoms with Gasteiger partial charge in [0.1, 0.15) is 16.1 Å². The lowest BCUT2D eigenvalue weighted by atomic mass is 9.89. The number of nitrogens with two attached hydrogens (primary N) is 1. The van der Waals surface area contributed by atoms with Gasteiger partial charge in [0.25, 0.3) is 6.02 Å².